The maximum Gasteiger partial charge on any atom is 0.241 e. The molecule has 3 N–H and O–H groups in total. The number of hydrogen-bond acceptors (Lipinski definition) is 5. The largest absolute Gasteiger partial charge is 0.494 e. The zero-order chi connectivity index (χ0) is 23.4. The number of fused-ring (bicyclic) bond motifs is 1. The molecule has 3 aromatic rings. The van der Waals surface area contributed by atoms with Gasteiger partial charge in [-0.25, -0.2) is 17.9 Å². The van der Waals surface area contributed by atoms with Crippen LogP contribution in [0.3, 0.4) is 0 Å². The zero-order valence-electron chi connectivity index (χ0n) is 18.6. The Morgan fingerprint density at radius 3 is 2.85 bits per heavy atom. The zero-order valence-corrected chi connectivity index (χ0v) is 19.4. The summed E-state index contributed by atoms with van der Waals surface area (Å²) in [6, 6.07) is 13.1. The smallest absolute Gasteiger partial charge is 0.241 e. The number of nitrogens with zero attached hydrogens (tertiary/aromatic N) is 2. The van der Waals surface area contributed by atoms with Crippen LogP contribution in [0.2, 0.25) is 0 Å². The SMILES string of the molecule is CNCC1Cc2ccc(OCCCn3cc(S(N)(=O)=O)cn3)cc2C1Cc1cccc(F)c1. The van der Waals surface area contributed by atoms with E-state index in [2.05, 4.69) is 22.5 Å². The molecule has 0 radical (unpaired) electrons. The second-order valence-corrected chi connectivity index (χ2v) is 10.1. The van der Waals surface area contributed by atoms with Crippen LogP contribution in [0.25, 0.3) is 0 Å². The second-order valence-electron chi connectivity index (χ2n) is 8.51. The van der Waals surface area contributed by atoms with Crippen molar-refractivity contribution in [3.05, 3.63) is 77.4 Å². The Kier molecular flexibility index (Phi) is 7.11. The number of rotatable bonds is 10. The lowest BCUT2D eigenvalue weighted by Gasteiger charge is -2.21. The maximum atomic E-state index is 13.7. The molecule has 0 spiro atoms. The Bertz CT molecular complexity index is 1210. The third-order valence-corrected chi connectivity index (χ3v) is 6.99. The monoisotopic (exact) mass is 472 g/mol. The highest BCUT2D eigenvalue weighted by Crippen LogP contribution is 2.41. The fraction of sp³-hybridized carbons (Fsp3) is 0.375. The van der Waals surface area contributed by atoms with Crippen LogP contribution < -0.4 is 15.2 Å². The molecule has 4 rings (SSSR count). The number of aryl methyl sites for hydroxylation is 1. The first-order valence-electron chi connectivity index (χ1n) is 11.0. The highest BCUT2D eigenvalue weighted by Gasteiger charge is 2.32. The average molecular weight is 473 g/mol. The van der Waals surface area contributed by atoms with E-state index in [0.717, 1.165) is 30.7 Å². The number of aromatic nitrogens is 2. The van der Waals surface area contributed by atoms with Crippen LogP contribution >= 0.6 is 0 Å². The highest BCUT2D eigenvalue weighted by atomic mass is 32.2. The quantitative estimate of drug-likeness (QED) is 0.442. The van der Waals surface area contributed by atoms with Crippen molar-refractivity contribution in [2.24, 2.45) is 11.1 Å². The van der Waals surface area contributed by atoms with E-state index in [1.807, 2.05) is 19.2 Å². The lowest BCUT2D eigenvalue weighted by Crippen LogP contribution is -2.23. The van der Waals surface area contributed by atoms with Crippen molar-refractivity contribution < 1.29 is 17.5 Å². The summed E-state index contributed by atoms with van der Waals surface area (Å²) in [6.07, 6.45) is 5.10. The molecule has 2 aromatic carbocycles. The van der Waals surface area contributed by atoms with Crippen LogP contribution in [-0.4, -0.2) is 38.4 Å². The normalized spacial score (nSPS) is 17.8. The van der Waals surface area contributed by atoms with Crippen molar-refractivity contribution in [2.45, 2.75) is 36.6 Å². The van der Waals surface area contributed by atoms with Gasteiger partial charge in [-0.05, 0) is 79.2 Å². The molecular weight excluding hydrogens is 443 g/mol. The summed E-state index contributed by atoms with van der Waals surface area (Å²) in [5.74, 6) is 1.32. The Morgan fingerprint density at radius 2 is 2.12 bits per heavy atom. The lowest BCUT2D eigenvalue weighted by molar-refractivity contribution is 0.298. The topological polar surface area (TPSA) is 99.2 Å². The molecule has 1 aliphatic rings. The van der Waals surface area contributed by atoms with Gasteiger partial charge in [-0.3, -0.25) is 4.68 Å². The fourth-order valence-electron chi connectivity index (χ4n) is 4.57. The molecule has 0 bridgehead atoms. The van der Waals surface area contributed by atoms with Gasteiger partial charge < -0.3 is 10.1 Å². The summed E-state index contributed by atoms with van der Waals surface area (Å²) < 4.78 is 44.0. The molecule has 1 aromatic heterocycles. The Hall–Kier alpha value is -2.75. The molecule has 2 unspecified atom stereocenters. The van der Waals surface area contributed by atoms with Gasteiger partial charge in [0.05, 0.1) is 12.8 Å². The average Bonchev–Trinajstić information content (AvgIpc) is 3.37. The first-order chi connectivity index (χ1) is 15.8. The summed E-state index contributed by atoms with van der Waals surface area (Å²) in [4.78, 5) is 0.00232. The van der Waals surface area contributed by atoms with Crippen LogP contribution in [0.5, 0.6) is 5.75 Å². The van der Waals surface area contributed by atoms with E-state index in [0.29, 0.717) is 31.4 Å². The summed E-state index contributed by atoms with van der Waals surface area (Å²) in [7, 11) is -1.78. The number of primary sulfonamides is 1. The van der Waals surface area contributed by atoms with E-state index in [9.17, 15) is 12.8 Å². The minimum Gasteiger partial charge on any atom is -0.494 e. The molecule has 2 atom stereocenters. The van der Waals surface area contributed by atoms with Crippen molar-refractivity contribution in [3.63, 3.8) is 0 Å². The molecule has 0 saturated heterocycles. The number of benzene rings is 2. The van der Waals surface area contributed by atoms with E-state index in [-0.39, 0.29) is 10.7 Å². The Morgan fingerprint density at radius 1 is 1.27 bits per heavy atom. The van der Waals surface area contributed by atoms with Gasteiger partial charge in [0.25, 0.3) is 0 Å². The van der Waals surface area contributed by atoms with E-state index in [4.69, 9.17) is 9.88 Å². The van der Waals surface area contributed by atoms with E-state index < -0.39 is 10.0 Å². The van der Waals surface area contributed by atoms with Crippen molar-refractivity contribution in [3.8, 4) is 5.75 Å². The third kappa shape index (κ3) is 5.79. The van der Waals surface area contributed by atoms with Crippen LogP contribution in [0.1, 0.15) is 29.0 Å². The van der Waals surface area contributed by atoms with Gasteiger partial charge in [0.15, 0.2) is 0 Å². The molecule has 33 heavy (non-hydrogen) atoms. The van der Waals surface area contributed by atoms with Gasteiger partial charge in [0.1, 0.15) is 16.5 Å². The van der Waals surface area contributed by atoms with Gasteiger partial charge in [-0.15, -0.1) is 0 Å². The van der Waals surface area contributed by atoms with Crippen molar-refractivity contribution in [1.82, 2.24) is 15.1 Å². The molecule has 0 amide bonds. The van der Waals surface area contributed by atoms with Crippen molar-refractivity contribution >= 4 is 10.0 Å². The molecule has 1 aliphatic carbocycles. The van der Waals surface area contributed by atoms with Gasteiger partial charge in [-0.2, -0.15) is 5.10 Å². The van der Waals surface area contributed by atoms with Crippen LogP contribution in [0.4, 0.5) is 4.39 Å². The van der Waals surface area contributed by atoms with Crippen molar-refractivity contribution in [1.29, 1.82) is 0 Å². The molecule has 0 saturated carbocycles. The van der Waals surface area contributed by atoms with Gasteiger partial charge >= 0.3 is 0 Å². The number of nitrogens with one attached hydrogen (secondary N) is 1. The van der Waals surface area contributed by atoms with E-state index in [1.165, 1.54) is 29.6 Å². The first-order valence-corrected chi connectivity index (χ1v) is 12.6. The molecule has 9 heteroatoms. The van der Waals surface area contributed by atoms with E-state index in [1.54, 1.807) is 16.8 Å². The molecule has 1 heterocycles. The predicted molar refractivity (Wildman–Crippen MR) is 124 cm³/mol. The number of nitrogens with two attached hydrogens (primary N) is 1. The van der Waals surface area contributed by atoms with Crippen LogP contribution in [0, 0.1) is 11.7 Å². The number of hydrogen-bond donors (Lipinski definition) is 2. The summed E-state index contributed by atoms with van der Waals surface area (Å²) >= 11 is 0. The summed E-state index contributed by atoms with van der Waals surface area (Å²) in [5.41, 5.74) is 3.58. The van der Waals surface area contributed by atoms with Gasteiger partial charge in [0, 0.05) is 19.2 Å². The predicted octanol–water partition coefficient (Wildman–Crippen LogP) is 2.86. The molecule has 176 valence electrons. The summed E-state index contributed by atoms with van der Waals surface area (Å²) in [5, 5.41) is 12.4. The first kappa shape index (κ1) is 23.4. The fourth-order valence-corrected chi connectivity index (χ4v) is 5.04. The van der Waals surface area contributed by atoms with E-state index >= 15 is 0 Å². The Labute approximate surface area is 193 Å². The number of halogens is 1. The lowest BCUT2D eigenvalue weighted by atomic mass is 9.86. The minimum atomic E-state index is -3.74. The van der Waals surface area contributed by atoms with Gasteiger partial charge in [0.2, 0.25) is 10.0 Å². The van der Waals surface area contributed by atoms with Crippen LogP contribution in [0.15, 0.2) is 59.8 Å². The number of sulfonamides is 1. The third-order valence-electron chi connectivity index (χ3n) is 6.12. The second kappa shape index (κ2) is 10.0. The summed E-state index contributed by atoms with van der Waals surface area (Å²) in [6.45, 7) is 1.89. The number of ether oxygens (including phenoxy) is 1. The Balaban J connectivity index is 1.40. The minimum absolute atomic E-state index is 0.00232. The van der Waals surface area contributed by atoms with Crippen LogP contribution in [-0.2, 0) is 29.4 Å². The van der Waals surface area contributed by atoms with Gasteiger partial charge in [-0.1, -0.05) is 18.2 Å². The molecular formula is C24H29FN4O3S. The van der Waals surface area contributed by atoms with Crippen molar-refractivity contribution in [2.75, 3.05) is 20.2 Å². The maximum absolute atomic E-state index is 13.7. The molecule has 0 aliphatic heterocycles. The standard InChI is InChI=1S/C24H29FN4O3S/c1-27-14-19-12-18-6-7-21(13-24(18)23(19)11-17-4-2-5-20(25)10-17)32-9-3-8-29-16-22(15-28-29)33(26,30)31/h2,4-7,10,13,15-16,19,23,27H,3,8-9,11-12,14H2,1H3,(H2,26,30,31). The molecule has 0 fully saturated rings. The highest BCUT2D eigenvalue weighted by molar-refractivity contribution is 7.89. The molecule has 7 nitrogen and oxygen atoms in total.